The van der Waals surface area contributed by atoms with Gasteiger partial charge in [0, 0.05) is 6.54 Å². The molecule has 0 fully saturated rings. The SMILES string of the molecule is C=CCc1ccccc1Oc1ccc(CNC)cc1. The van der Waals surface area contributed by atoms with Crippen LogP contribution < -0.4 is 10.1 Å². The van der Waals surface area contributed by atoms with Crippen LogP contribution in [0.2, 0.25) is 0 Å². The molecule has 0 saturated carbocycles. The summed E-state index contributed by atoms with van der Waals surface area (Å²) in [6.07, 6.45) is 2.70. The van der Waals surface area contributed by atoms with Crippen molar-refractivity contribution in [2.45, 2.75) is 13.0 Å². The Kier molecular flexibility index (Phi) is 4.76. The number of ether oxygens (including phenoxy) is 1. The van der Waals surface area contributed by atoms with Gasteiger partial charge in [0.05, 0.1) is 0 Å². The Morgan fingerprint density at radius 3 is 2.53 bits per heavy atom. The molecule has 0 aliphatic rings. The van der Waals surface area contributed by atoms with E-state index < -0.39 is 0 Å². The minimum absolute atomic E-state index is 0.814. The van der Waals surface area contributed by atoms with Gasteiger partial charge >= 0.3 is 0 Å². The first-order valence-corrected chi connectivity index (χ1v) is 6.43. The van der Waals surface area contributed by atoms with E-state index in [4.69, 9.17) is 4.74 Å². The maximum atomic E-state index is 5.93. The monoisotopic (exact) mass is 253 g/mol. The second kappa shape index (κ2) is 6.76. The van der Waals surface area contributed by atoms with Crippen LogP contribution in [0.3, 0.4) is 0 Å². The highest BCUT2D eigenvalue weighted by Gasteiger charge is 2.03. The second-order valence-corrected chi connectivity index (χ2v) is 4.38. The number of para-hydroxylation sites is 1. The summed E-state index contributed by atoms with van der Waals surface area (Å²) in [6, 6.07) is 16.2. The summed E-state index contributed by atoms with van der Waals surface area (Å²) < 4.78 is 5.93. The minimum Gasteiger partial charge on any atom is -0.457 e. The van der Waals surface area contributed by atoms with Gasteiger partial charge in [-0.1, -0.05) is 36.4 Å². The second-order valence-electron chi connectivity index (χ2n) is 4.38. The van der Waals surface area contributed by atoms with Gasteiger partial charge in [-0.2, -0.15) is 0 Å². The maximum Gasteiger partial charge on any atom is 0.130 e. The quantitative estimate of drug-likeness (QED) is 0.788. The number of allylic oxidation sites excluding steroid dienone is 1. The summed E-state index contributed by atoms with van der Waals surface area (Å²) in [7, 11) is 1.94. The van der Waals surface area contributed by atoms with Gasteiger partial charge in [0.15, 0.2) is 0 Å². The number of nitrogens with one attached hydrogen (secondary N) is 1. The molecule has 0 aliphatic carbocycles. The molecule has 0 radical (unpaired) electrons. The molecule has 2 heteroatoms. The molecule has 0 atom stereocenters. The first kappa shape index (κ1) is 13.4. The minimum atomic E-state index is 0.814. The Balaban J connectivity index is 2.14. The van der Waals surface area contributed by atoms with Crippen LogP contribution in [0.25, 0.3) is 0 Å². The van der Waals surface area contributed by atoms with Crippen LogP contribution in [0.15, 0.2) is 61.2 Å². The summed E-state index contributed by atoms with van der Waals surface area (Å²) >= 11 is 0. The first-order chi connectivity index (χ1) is 9.33. The third-order valence-electron chi connectivity index (χ3n) is 2.87. The van der Waals surface area contributed by atoms with Crippen molar-refractivity contribution in [3.8, 4) is 11.5 Å². The lowest BCUT2D eigenvalue weighted by Crippen LogP contribution is -2.04. The van der Waals surface area contributed by atoms with Gasteiger partial charge in [-0.05, 0) is 42.8 Å². The van der Waals surface area contributed by atoms with Gasteiger partial charge in [0.1, 0.15) is 11.5 Å². The van der Waals surface area contributed by atoms with Gasteiger partial charge in [-0.3, -0.25) is 0 Å². The van der Waals surface area contributed by atoms with Crippen molar-refractivity contribution >= 4 is 0 Å². The Labute approximate surface area is 114 Å². The van der Waals surface area contributed by atoms with Crippen LogP contribution in [-0.2, 0) is 13.0 Å². The van der Waals surface area contributed by atoms with Crippen LogP contribution in [0, 0.1) is 0 Å². The van der Waals surface area contributed by atoms with E-state index >= 15 is 0 Å². The van der Waals surface area contributed by atoms with E-state index in [2.05, 4.69) is 30.1 Å². The Hall–Kier alpha value is -2.06. The van der Waals surface area contributed by atoms with Crippen molar-refractivity contribution in [1.29, 1.82) is 0 Å². The fraction of sp³-hybridized carbons (Fsp3) is 0.176. The predicted octanol–water partition coefficient (Wildman–Crippen LogP) is 3.93. The molecule has 0 unspecified atom stereocenters. The van der Waals surface area contributed by atoms with Crippen LogP contribution >= 0.6 is 0 Å². The molecule has 2 nitrogen and oxygen atoms in total. The third-order valence-corrected chi connectivity index (χ3v) is 2.87. The molecular formula is C17H19NO. The smallest absolute Gasteiger partial charge is 0.130 e. The van der Waals surface area contributed by atoms with Crippen LogP contribution in [0.5, 0.6) is 11.5 Å². The Bertz CT molecular complexity index is 531. The maximum absolute atomic E-state index is 5.93. The van der Waals surface area contributed by atoms with E-state index in [0.717, 1.165) is 30.0 Å². The first-order valence-electron chi connectivity index (χ1n) is 6.43. The van der Waals surface area contributed by atoms with Gasteiger partial charge in [-0.25, -0.2) is 0 Å². The van der Waals surface area contributed by atoms with Crippen LogP contribution in [-0.4, -0.2) is 7.05 Å². The lowest BCUT2D eigenvalue weighted by atomic mass is 10.1. The van der Waals surface area contributed by atoms with E-state index in [0.29, 0.717) is 0 Å². The summed E-state index contributed by atoms with van der Waals surface area (Å²) in [5, 5.41) is 3.13. The van der Waals surface area contributed by atoms with E-state index in [9.17, 15) is 0 Å². The number of benzene rings is 2. The molecule has 0 aromatic heterocycles. The lowest BCUT2D eigenvalue weighted by Gasteiger charge is -2.10. The molecule has 0 spiro atoms. The predicted molar refractivity (Wildman–Crippen MR) is 79.6 cm³/mol. The van der Waals surface area contributed by atoms with Crippen molar-refractivity contribution in [1.82, 2.24) is 5.32 Å². The van der Waals surface area contributed by atoms with Gasteiger partial charge < -0.3 is 10.1 Å². The number of hydrogen-bond acceptors (Lipinski definition) is 2. The molecule has 0 aliphatic heterocycles. The molecule has 2 rings (SSSR count). The zero-order chi connectivity index (χ0) is 13.5. The number of rotatable bonds is 6. The van der Waals surface area contributed by atoms with Crippen molar-refractivity contribution in [2.24, 2.45) is 0 Å². The zero-order valence-electron chi connectivity index (χ0n) is 11.2. The fourth-order valence-electron chi connectivity index (χ4n) is 1.93. The average molecular weight is 253 g/mol. The van der Waals surface area contributed by atoms with Gasteiger partial charge in [0.25, 0.3) is 0 Å². The number of hydrogen-bond donors (Lipinski definition) is 1. The summed E-state index contributed by atoms with van der Waals surface area (Å²) in [4.78, 5) is 0. The van der Waals surface area contributed by atoms with Crippen LogP contribution in [0.4, 0.5) is 0 Å². The molecule has 1 N–H and O–H groups in total. The van der Waals surface area contributed by atoms with E-state index in [1.807, 2.05) is 43.5 Å². The van der Waals surface area contributed by atoms with Crippen molar-refractivity contribution in [2.75, 3.05) is 7.05 Å². The Morgan fingerprint density at radius 2 is 1.84 bits per heavy atom. The zero-order valence-corrected chi connectivity index (χ0v) is 11.2. The molecule has 0 amide bonds. The molecule has 0 saturated heterocycles. The van der Waals surface area contributed by atoms with Gasteiger partial charge in [-0.15, -0.1) is 6.58 Å². The molecule has 2 aromatic rings. The van der Waals surface area contributed by atoms with Crippen molar-refractivity contribution < 1.29 is 4.74 Å². The molecule has 0 heterocycles. The molecule has 0 bridgehead atoms. The van der Waals surface area contributed by atoms with Crippen molar-refractivity contribution in [3.05, 3.63) is 72.3 Å². The fourth-order valence-corrected chi connectivity index (χ4v) is 1.93. The molecule has 98 valence electrons. The molecule has 19 heavy (non-hydrogen) atoms. The third kappa shape index (κ3) is 3.70. The highest BCUT2D eigenvalue weighted by molar-refractivity contribution is 5.39. The van der Waals surface area contributed by atoms with E-state index in [1.54, 1.807) is 0 Å². The van der Waals surface area contributed by atoms with E-state index in [-0.39, 0.29) is 0 Å². The highest BCUT2D eigenvalue weighted by atomic mass is 16.5. The molecule has 2 aromatic carbocycles. The summed E-state index contributed by atoms with van der Waals surface area (Å²) in [6.45, 7) is 4.64. The average Bonchev–Trinajstić information content (AvgIpc) is 2.44. The van der Waals surface area contributed by atoms with E-state index in [1.165, 1.54) is 5.56 Å². The standard InChI is InChI=1S/C17H19NO/c1-3-6-15-7-4-5-8-17(15)19-16-11-9-14(10-12-16)13-18-2/h3-5,7-12,18H,1,6,13H2,2H3. The highest BCUT2D eigenvalue weighted by Crippen LogP contribution is 2.25. The molecular weight excluding hydrogens is 234 g/mol. The van der Waals surface area contributed by atoms with Crippen LogP contribution in [0.1, 0.15) is 11.1 Å². The Morgan fingerprint density at radius 1 is 1.11 bits per heavy atom. The van der Waals surface area contributed by atoms with Gasteiger partial charge in [0.2, 0.25) is 0 Å². The summed E-state index contributed by atoms with van der Waals surface area (Å²) in [5.41, 5.74) is 2.39. The van der Waals surface area contributed by atoms with Crippen molar-refractivity contribution in [3.63, 3.8) is 0 Å². The lowest BCUT2D eigenvalue weighted by molar-refractivity contribution is 0.477. The topological polar surface area (TPSA) is 21.3 Å². The summed E-state index contributed by atoms with van der Waals surface area (Å²) in [5.74, 6) is 1.75. The normalized spacial score (nSPS) is 10.2. The largest absolute Gasteiger partial charge is 0.457 e.